The van der Waals surface area contributed by atoms with Crippen molar-refractivity contribution in [1.82, 2.24) is 19.7 Å². The van der Waals surface area contributed by atoms with Crippen LogP contribution in [0.3, 0.4) is 0 Å². The lowest BCUT2D eigenvalue weighted by molar-refractivity contribution is -0.129. The van der Waals surface area contributed by atoms with Crippen molar-refractivity contribution in [1.29, 1.82) is 0 Å². The number of hydrogen-bond donors (Lipinski definition) is 1. The summed E-state index contributed by atoms with van der Waals surface area (Å²) in [5.41, 5.74) is 1.52. The number of nitrogens with one attached hydrogen (secondary N) is 1. The van der Waals surface area contributed by atoms with Gasteiger partial charge in [-0.2, -0.15) is 0 Å². The Morgan fingerprint density at radius 3 is 2.68 bits per heavy atom. The minimum atomic E-state index is -0.263. The van der Waals surface area contributed by atoms with Gasteiger partial charge in [0, 0.05) is 25.7 Å². The molecule has 2 aromatic rings. The molecule has 1 N–H and O–H groups in total. The predicted molar refractivity (Wildman–Crippen MR) is 98.9 cm³/mol. The zero-order valence-electron chi connectivity index (χ0n) is 14.9. The zero-order valence-corrected chi connectivity index (χ0v) is 15.7. The molecule has 1 unspecified atom stereocenters. The Kier molecular flexibility index (Phi) is 6.58. The van der Waals surface area contributed by atoms with Crippen molar-refractivity contribution in [2.75, 3.05) is 18.4 Å². The first kappa shape index (κ1) is 19.0. The number of carbonyl (C=O) groups excluding carboxylic acids is 2. The number of rotatable bonds is 7. The third-order valence-electron chi connectivity index (χ3n) is 3.67. The van der Waals surface area contributed by atoms with Crippen LogP contribution >= 0.6 is 11.8 Å². The summed E-state index contributed by atoms with van der Waals surface area (Å²) in [6.07, 6.45) is 1.60. The van der Waals surface area contributed by atoms with Gasteiger partial charge in [-0.25, -0.2) is 0 Å². The van der Waals surface area contributed by atoms with Crippen LogP contribution < -0.4 is 5.32 Å². The highest BCUT2D eigenvalue weighted by atomic mass is 32.2. The quantitative estimate of drug-likeness (QED) is 0.767. The first-order valence-electron chi connectivity index (χ1n) is 8.19. The second-order valence-corrected chi connectivity index (χ2v) is 6.79. The number of anilines is 1. The van der Waals surface area contributed by atoms with E-state index in [0.717, 1.165) is 5.69 Å². The Labute approximate surface area is 151 Å². The molecule has 8 heteroatoms. The molecule has 1 atom stereocenters. The van der Waals surface area contributed by atoms with Crippen LogP contribution in [0.5, 0.6) is 0 Å². The number of benzene rings is 1. The summed E-state index contributed by atoms with van der Waals surface area (Å²) in [6.45, 7) is 8.65. The van der Waals surface area contributed by atoms with Crippen molar-refractivity contribution in [2.24, 2.45) is 0 Å². The summed E-state index contributed by atoms with van der Waals surface area (Å²) in [4.78, 5) is 25.5. The van der Waals surface area contributed by atoms with Crippen LogP contribution in [-0.4, -0.2) is 49.8 Å². The van der Waals surface area contributed by atoms with Gasteiger partial charge < -0.3 is 10.2 Å². The molecule has 0 bridgehead atoms. The largest absolute Gasteiger partial charge is 0.342 e. The fourth-order valence-electron chi connectivity index (χ4n) is 2.42. The number of thioether (sulfide) groups is 1. The van der Waals surface area contributed by atoms with Crippen molar-refractivity contribution >= 4 is 29.3 Å². The summed E-state index contributed by atoms with van der Waals surface area (Å²) in [7, 11) is 0. The maximum absolute atomic E-state index is 12.5. The van der Waals surface area contributed by atoms with E-state index in [-0.39, 0.29) is 17.1 Å². The minimum absolute atomic E-state index is 0.0801. The molecule has 1 aromatic carbocycles. The van der Waals surface area contributed by atoms with E-state index in [9.17, 15) is 9.59 Å². The fraction of sp³-hybridized carbons (Fsp3) is 0.412. The average Bonchev–Trinajstić information content (AvgIpc) is 3.03. The molecule has 0 fully saturated rings. The molecular formula is C17H23N5O2S. The highest BCUT2D eigenvalue weighted by Gasteiger charge is 2.22. The maximum atomic E-state index is 12.5. The predicted octanol–water partition coefficient (Wildman–Crippen LogP) is 2.57. The Morgan fingerprint density at radius 1 is 1.32 bits per heavy atom. The molecule has 1 aromatic heterocycles. The molecule has 0 saturated heterocycles. The van der Waals surface area contributed by atoms with Crippen LogP contribution in [0, 0.1) is 0 Å². The van der Waals surface area contributed by atoms with E-state index >= 15 is 0 Å². The lowest BCUT2D eigenvalue weighted by Crippen LogP contribution is -2.36. The molecule has 1 heterocycles. The van der Waals surface area contributed by atoms with Gasteiger partial charge in [0.25, 0.3) is 0 Å². The van der Waals surface area contributed by atoms with E-state index in [4.69, 9.17) is 0 Å². The van der Waals surface area contributed by atoms with Crippen molar-refractivity contribution in [2.45, 2.75) is 38.1 Å². The average molecular weight is 361 g/mol. The highest BCUT2D eigenvalue weighted by Crippen LogP contribution is 2.26. The van der Waals surface area contributed by atoms with Gasteiger partial charge >= 0.3 is 0 Å². The Balaban J connectivity index is 2.20. The van der Waals surface area contributed by atoms with Gasteiger partial charge in [-0.3, -0.25) is 14.2 Å². The third-order valence-corrected chi connectivity index (χ3v) is 4.71. The van der Waals surface area contributed by atoms with Gasteiger partial charge in [-0.1, -0.05) is 17.8 Å². The number of hydrogen-bond acceptors (Lipinski definition) is 5. The van der Waals surface area contributed by atoms with E-state index < -0.39 is 0 Å². The van der Waals surface area contributed by atoms with Crippen LogP contribution in [0.4, 0.5) is 5.69 Å². The number of aromatic nitrogens is 3. The SMILES string of the molecule is CCN(CC)C(=O)C(C)Sc1nncn1-c1cccc(NC(C)=O)c1. The van der Waals surface area contributed by atoms with Gasteiger partial charge in [0.2, 0.25) is 11.8 Å². The smallest absolute Gasteiger partial charge is 0.235 e. The standard InChI is InChI=1S/C17H23N5O2S/c1-5-21(6-2)16(24)12(3)25-17-20-18-11-22(17)15-9-7-8-14(10-15)19-13(4)23/h7-12H,5-6H2,1-4H3,(H,19,23). The molecule has 2 rings (SSSR count). The van der Waals surface area contributed by atoms with Crippen LogP contribution in [0.25, 0.3) is 5.69 Å². The molecule has 0 spiro atoms. The normalized spacial score (nSPS) is 11.8. The van der Waals surface area contributed by atoms with E-state index in [1.54, 1.807) is 11.2 Å². The second-order valence-electron chi connectivity index (χ2n) is 5.49. The lowest BCUT2D eigenvalue weighted by atomic mass is 10.2. The molecule has 0 aliphatic rings. The molecule has 25 heavy (non-hydrogen) atoms. The lowest BCUT2D eigenvalue weighted by Gasteiger charge is -2.22. The molecule has 2 amide bonds. The molecule has 0 aliphatic heterocycles. The summed E-state index contributed by atoms with van der Waals surface area (Å²) < 4.78 is 1.81. The number of amides is 2. The third kappa shape index (κ3) is 4.82. The van der Waals surface area contributed by atoms with E-state index in [2.05, 4.69) is 15.5 Å². The van der Waals surface area contributed by atoms with Gasteiger partial charge in [0.1, 0.15) is 6.33 Å². The minimum Gasteiger partial charge on any atom is -0.342 e. The molecule has 0 saturated carbocycles. The molecule has 0 aliphatic carbocycles. The number of carbonyl (C=O) groups is 2. The fourth-order valence-corrected chi connectivity index (χ4v) is 3.35. The Hall–Kier alpha value is -2.35. The summed E-state index contributed by atoms with van der Waals surface area (Å²) in [5, 5.41) is 11.2. The summed E-state index contributed by atoms with van der Waals surface area (Å²) in [6, 6.07) is 7.40. The van der Waals surface area contributed by atoms with Gasteiger partial charge in [0.05, 0.1) is 10.9 Å². The summed E-state index contributed by atoms with van der Waals surface area (Å²) >= 11 is 1.37. The van der Waals surface area contributed by atoms with E-state index in [0.29, 0.717) is 23.9 Å². The van der Waals surface area contributed by atoms with Crippen LogP contribution in [0.2, 0.25) is 0 Å². The first-order chi connectivity index (χ1) is 12.0. The monoisotopic (exact) mass is 361 g/mol. The van der Waals surface area contributed by atoms with Crippen molar-refractivity contribution < 1.29 is 9.59 Å². The van der Waals surface area contributed by atoms with Crippen LogP contribution in [-0.2, 0) is 9.59 Å². The van der Waals surface area contributed by atoms with Gasteiger partial charge in [-0.05, 0) is 39.0 Å². The van der Waals surface area contributed by atoms with Gasteiger partial charge in [0.15, 0.2) is 5.16 Å². The van der Waals surface area contributed by atoms with Crippen LogP contribution in [0.15, 0.2) is 35.7 Å². The van der Waals surface area contributed by atoms with E-state index in [1.165, 1.54) is 18.7 Å². The molecule has 134 valence electrons. The first-order valence-corrected chi connectivity index (χ1v) is 9.07. The molecule has 7 nitrogen and oxygen atoms in total. The van der Waals surface area contributed by atoms with Crippen molar-refractivity contribution in [3.63, 3.8) is 0 Å². The summed E-state index contributed by atoms with van der Waals surface area (Å²) in [5.74, 6) is -0.0505. The second kappa shape index (κ2) is 8.66. The topological polar surface area (TPSA) is 80.1 Å². The van der Waals surface area contributed by atoms with Crippen LogP contribution in [0.1, 0.15) is 27.7 Å². The Morgan fingerprint density at radius 2 is 2.04 bits per heavy atom. The highest BCUT2D eigenvalue weighted by molar-refractivity contribution is 8.00. The molecule has 0 radical (unpaired) electrons. The van der Waals surface area contributed by atoms with Gasteiger partial charge in [-0.15, -0.1) is 10.2 Å². The Bertz CT molecular complexity index is 742. The molecular weight excluding hydrogens is 338 g/mol. The zero-order chi connectivity index (χ0) is 18.4. The maximum Gasteiger partial charge on any atom is 0.235 e. The number of nitrogens with zero attached hydrogens (tertiary/aromatic N) is 4. The van der Waals surface area contributed by atoms with E-state index in [1.807, 2.05) is 49.6 Å². The van der Waals surface area contributed by atoms with Crippen molar-refractivity contribution in [3.05, 3.63) is 30.6 Å². The van der Waals surface area contributed by atoms with Crippen molar-refractivity contribution in [3.8, 4) is 5.69 Å².